The van der Waals surface area contributed by atoms with Crippen LogP contribution in [0.5, 0.6) is 0 Å². The van der Waals surface area contributed by atoms with Crippen molar-refractivity contribution in [3.63, 3.8) is 0 Å². The summed E-state index contributed by atoms with van der Waals surface area (Å²) in [6.07, 6.45) is 5.45. The molecule has 3 heteroatoms. The minimum atomic E-state index is 0.399. The van der Waals surface area contributed by atoms with Crippen molar-refractivity contribution < 1.29 is 0 Å². The molecule has 1 aliphatic carbocycles. The molecule has 1 aromatic heterocycles. The molecule has 1 aliphatic heterocycles. The predicted molar refractivity (Wildman–Crippen MR) is 77.9 cm³/mol. The normalized spacial score (nSPS) is 23.7. The van der Waals surface area contributed by atoms with Crippen molar-refractivity contribution in [1.29, 1.82) is 0 Å². The van der Waals surface area contributed by atoms with Crippen molar-refractivity contribution in [2.75, 3.05) is 6.54 Å². The zero-order valence-corrected chi connectivity index (χ0v) is 12.4. The first-order valence-electron chi connectivity index (χ1n) is 7.19. The summed E-state index contributed by atoms with van der Waals surface area (Å²) >= 11 is 1.99. The van der Waals surface area contributed by atoms with E-state index in [1.165, 1.54) is 42.0 Å². The van der Waals surface area contributed by atoms with E-state index >= 15 is 0 Å². The van der Waals surface area contributed by atoms with E-state index in [2.05, 4.69) is 36.2 Å². The zero-order valence-electron chi connectivity index (χ0n) is 11.5. The SMILES string of the molecule is CC1(C)CCCN1Cc1ccc(CNC2CC2)s1. The Labute approximate surface area is 114 Å². The maximum absolute atomic E-state index is 3.59. The molecule has 0 unspecified atom stereocenters. The van der Waals surface area contributed by atoms with Gasteiger partial charge in [-0.1, -0.05) is 0 Å². The molecule has 2 heterocycles. The molecular formula is C15H24N2S. The molecule has 0 spiro atoms. The van der Waals surface area contributed by atoms with Gasteiger partial charge in [-0.25, -0.2) is 0 Å². The van der Waals surface area contributed by atoms with Gasteiger partial charge in [-0.3, -0.25) is 4.90 Å². The van der Waals surface area contributed by atoms with Gasteiger partial charge in [-0.15, -0.1) is 11.3 Å². The van der Waals surface area contributed by atoms with Gasteiger partial charge in [-0.05, 0) is 58.2 Å². The minimum absolute atomic E-state index is 0.399. The van der Waals surface area contributed by atoms with Crippen LogP contribution in [0.1, 0.15) is 49.3 Å². The van der Waals surface area contributed by atoms with E-state index in [1.807, 2.05) is 11.3 Å². The summed E-state index contributed by atoms with van der Waals surface area (Å²) in [6, 6.07) is 5.44. The molecular weight excluding hydrogens is 240 g/mol. The average molecular weight is 264 g/mol. The number of nitrogens with zero attached hydrogens (tertiary/aromatic N) is 1. The highest BCUT2D eigenvalue weighted by Gasteiger charge is 2.31. The molecule has 1 saturated heterocycles. The van der Waals surface area contributed by atoms with Crippen molar-refractivity contribution in [3.05, 3.63) is 21.9 Å². The van der Waals surface area contributed by atoms with Crippen LogP contribution < -0.4 is 5.32 Å². The fraction of sp³-hybridized carbons (Fsp3) is 0.733. The van der Waals surface area contributed by atoms with Crippen LogP contribution in [-0.4, -0.2) is 23.0 Å². The molecule has 3 rings (SSSR count). The van der Waals surface area contributed by atoms with Gasteiger partial charge in [0.1, 0.15) is 0 Å². The lowest BCUT2D eigenvalue weighted by atomic mass is 10.0. The highest BCUT2D eigenvalue weighted by atomic mass is 32.1. The molecule has 2 aliphatic rings. The fourth-order valence-electron chi connectivity index (χ4n) is 2.78. The highest BCUT2D eigenvalue weighted by Crippen LogP contribution is 2.31. The highest BCUT2D eigenvalue weighted by molar-refractivity contribution is 7.11. The van der Waals surface area contributed by atoms with E-state index in [1.54, 1.807) is 0 Å². The van der Waals surface area contributed by atoms with Gasteiger partial charge in [0.15, 0.2) is 0 Å². The smallest absolute Gasteiger partial charge is 0.0333 e. The van der Waals surface area contributed by atoms with Crippen LogP contribution in [0.3, 0.4) is 0 Å². The summed E-state index contributed by atoms with van der Waals surface area (Å²) in [5.74, 6) is 0. The summed E-state index contributed by atoms with van der Waals surface area (Å²) in [7, 11) is 0. The van der Waals surface area contributed by atoms with E-state index in [4.69, 9.17) is 0 Å². The molecule has 2 nitrogen and oxygen atoms in total. The monoisotopic (exact) mass is 264 g/mol. The number of thiophene rings is 1. The number of hydrogen-bond donors (Lipinski definition) is 1. The van der Waals surface area contributed by atoms with E-state index in [0.29, 0.717) is 5.54 Å². The van der Waals surface area contributed by atoms with E-state index in [9.17, 15) is 0 Å². The Hall–Kier alpha value is -0.380. The third-order valence-electron chi connectivity index (χ3n) is 4.28. The third-order valence-corrected chi connectivity index (χ3v) is 5.35. The van der Waals surface area contributed by atoms with Crippen molar-refractivity contribution in [2.45, 2.75) is 64.2 Å². The molecule has 18 heavy (non-hydrogen) atoms. The van der Waals surface area contributed by atoms with Gasteiger partial charge >= 0.3 is 0 Å². The van der Waals surface area contributed by atoms with E-state index in [0.717, 1.165) is 19.1 Å². The maximum Gasteiger partial charge on any atom is 0.0333 e. The number of likely N-dealkylation sites (tertiary alicyclic amines) is 1. The Morgan fingerprint density at radius 2 is 2.11 bits per heavy atom. The summed E-state index contributed by atoms with van der Waals surface area (Å²) in [6.45, 7) is 8.23. The molecule has 1 N–H and O–H groups in total. The first-order chi connectivity index (χ1) is 8.63. The van der Waals surface area contributed by atoms with Crippen molar-refractivity contribution >= 4 is 11.3 Å². The Kier molecular flexibility index (Phi) is 3.48. The van der Waals surface area contributed by atoms with Crippen LogP contribution in [-0.2, 0) is 13.1 Å². The first kappa shape index (κ1) is 12.6. The van der Waals surface area contributed by atoms with Gasteiger partial charge in [0, 0.05) is 34.4 Å². The van der Waals surface area contributed by atoms with Gasteiger partial charge in [0.05, 0.1) is 0 Å². The maximum atomic E-state index is 3.59. The summed E-state index contributed by atoms with van der Waals surface area (Å²) < 4.78 is 0. The number of hydrogen-bond acceptors (Lipinski definition) is 3. The minimum Gasteiger partial charge on any atom is -0.309 e. The molecule has 0 aromatic carbocycles. The van der Waals surface area contributed by atoms with Crippen LogP contribution in [0.4, 0.5) is 0 Å². The molecule has 100 valence electrons. The Bertz CT molecular complexity index is 406. The second-order valence-corrected chi connectivity index (χ2v) is 7.61. The predicted octanol–water partition coefficient (Wildman–Crippen LogP) is 3.37. The second-order valence-electron chi connectivity index (χ2n) is 6.36. The van der Waals surface area contributed by atoms with Gasteiger partial charge < -0.3 is 5.32 Å². The van der Waals surface area contributed by atoms with Crippen molar-refractivity contribution in [1.82, 2.24) is 10.2 Å². The van der Waals surface area contributed by atoms with Crippen LogP contribution in [0.25, 0.3) is 0 Å². The molecule has 0 radical (unpaired) electrons. The summed E-state index contributed by atoms with van der Waals surface area (Å²) in [5, 5.41) is 3.59. The van der Waals surface area contributed by atoms with E-state index in [-0.39, 0.29) is 0 Å². The molecule has 2 fully saturated rings. The molecule has 0 atom stereocenters. The first-order valence-corrected chi connectivity index (χ1v) is 8.01. The second kappa shape index (κ2) is 4.95. The summed E-state index contributed by atoms with van der Waals surface area (Å²) in [4.78, 5) is 5.66. The fourth-order valence-corrected chi connectivity index (χ4v) is 3.76. The third kappa shape index (κ3) is 2.95. The average Bonchev–Trinajstić information content (AvgIpc) is 2.96. The Morgan fingerprint density at radius 3 is 2.78 bits per heavy atom. The lowest BCUT2D eigenvalue weighted by Crippen LogP contribution is -2.37. The van der Waals surface area contributed by atoms with Gasteiger partial charge in [0.2, 0.25) is 0 Å². The largest absolute Gasteiger partial charge is 0.309 e. The zero-order chi connectivity index (χ0) is 12.6. The topological polar surface area (TPSA) is 15.3 Å². The van der Waals surface area contributed by atoms with Gasteiger partial charge in [0.25, 0.3) is 0 Å². The quantitative estimate of drug-likeness (QED) is 0.877. The van der Waals surface area contributed by atoms with Crippen LogP contribution >= 0.6 is 11.3 Å². The Morgan fingerprint density at radius 1 is 1.33 bits per heavy atom. The molecule has 1 aromatic rings. The van der Waals surface area contributed by atoms with E-state index < -0.39 is 0 Å². The standard InChI is InChI=1S/C15H24N2S/c1-15(2)8-3-9-17(15)11-14-7-6-13(18-14)10-16-12-4-5-12/h6-7,12,16H,3-5,8-11H2,1-2H3. The van der Waals surface area contributed by atoms with Crippen LogP contribution in [0.15, 0.2) is 12.1 Å². The number of rotatable bonds is 5. The molecule has 1 saturated carbocycles. The molecule has 0 amide bonds. The Balaban J connectivity index is 1.55. The van der Waals surface area contributed by atoms with Crippen LogP contribution in [0, 0.1) is 0 Å². The van der Waals surface area contributed by atoms with Crippen molar-refractivity contribution in [2.24, 2.45) is 0 Å². The lowest BCUT2D eigenvalue weighted by Gasteiger charge is -2.31. The van der Waals surface area contributed by atoms with Gasteiger partial charge in [-0.2, -0.15) is 0 Å². The van der Waals surface area contributed by atoms with Crippen LogP contribution in [0.2, 0.25) is 0 Å². The number of nitrogens with one attached hydrogen (secondary N) is 1. The lowest BCUT2D eigenvalue weighted by molar-refractivity contribution is 0.168. The summed E-state index contributed by atoms with van der Waals surface area (Å²) in [5.41, 5.74) is 0.399. The molecule has 0 bridgehead atoms. The van der Waals surface area contributed by atoms with Crippen molar-refractivity contribution in [3.8, 4) is 0 Å².